The maximum Gasteiger partial charge on any atom is 0.295 e. The third-order valence-electron chi connectivity index (χ3n) is 5.89. The number of ether oxygens (including phenoxy) is 3. The number of aliphatic hydroxyl groups excluding tert-OH is 1. The van der Waals surface area contributed by atoms with Gasteiger partial charge in [0, 0.05) is 37.8 Å². The molecular weight excluding hydrogens is 410 g/mol. The van der Waals surface area contributed by atoms with Gasteiger partial charge in [-0.05, 0) is 43.2 Å². The number of likely N-dealkylation sites (tertiary alicyclic amines) is 1. The van der Waals surface area contributed by atoms with E-state index >= 15 is 0 Å². The van der Waals surface area contributed by atoms with Crippen LogP contribution in [-0.4, -0.2) is 55.2 Å². The summed E-state index contributed by atoms with van der Waals surface area (Å²) < 4.78 is 16.4. The zero-order chi connectivity index (χ0) is 22.8. The van der Waals surface area contributed by atoms with Crippen LogP contribution in [0.3, 0.4) is 0 Å². The first-order valence-corrected chi connectivity index (χ1v) is 10.7. The van der Waals surface area contributed by atoms with Crippen molar-refractivity contribution in [3.63, 3.8) is 0 Å². The lowest BCUT2D eigenvalue weighted by molar-refractivity contribution is -0.140. The highest BCUT2D eigenvalue weighted by atomic mass is 16.5. The fraction of sp³-hybridized carbons (Fsp3) is 0.360. The van der Waals surface area contributed by atoms with Crippen molar-refractivity contribution in [3.05, 3.63) is 64.7 Å². The summed E-state index contributed by atoms with van der Waals surface area (Å²) in [7, 11) is 3.13. The van der Waals surface area contributed by atoms with Crippen molar-refractivity contribution in [1.29, 1.82) is 0 Å². The molecule has 2 aromatic carbocycles. The minimum atomic E-state index is -0.758. The first kappa shape index (κ1) is 21.9. The standard InChI is InChI=1S/C25H27NO6/c1-15-13-17-14-16(9-10-19(17)32-15)23(27)21-22(18-7-4-5-8-20(18)31-3)26(11-6-12-30-2)25(29)24(21)28/h4-5,7-10,14-15,22,27H,6,11-13H2,1-3H3. The molecule has 32 heavy (non-hydrogen) atoms. The van der Waals surface area contributed by atoms with Crippen LogP contribution in [0.4, 0.5) is 0 Å². The van der Waals surface area contributed by atoms with E-state index in [2.05, 4.69) is 0 Å². The summed E-state index contributed by atoms with van der Waals surface area (Å²) in [4.78, 5) is 27.6. The Hall–Kier alpha value is -3.32. The number of carbonyl (C=O) groups is 2. The first-order valence-electron chi connectivity index (χ1n) is 10.7. The Kier molecular flexibility index (Phi) is 6.19. The highest BCUT2D eigenvalue weighted by molar-refractivity contribution is 6.46. The second-order valence-corrected chi connectivity index (χ2v) is 8.04. The van der Waals surface area contributed by atoms with Crippen LogP contribution in [0.1, 0.15) is 36.1 Å². The van der Waals surface area contributed by atoms with Crippen LogP contribution >= 0.6 is 0 Å². The Morgan fingerprint density at radius 1 is 1.19 bits per heavy atom. The Morgan fingerprint density at radius 3 is 2.72 bits per heavy atom. The van der Waals surface area contributed by atoms with E-state index in [0.717, 1.165) is 17.7 Å². The van der Waals surface area contributed by atoms with Gasteiger partial charge in [-0.3, -0.25) is 9.59 Å². The molecule has 2 aromatic rings. The largest absolute Gasteiger partial charge is 0.507 e. The van der Waals surface area contributed by atoms with Crippen molar-refractivity contribution in [2.24, 2.45) is 0 Å². The maximum atomic E-state index is 13.1. The maximum absolute atomic E-state index is 13.1. The quantitative estimate of drug-likeness (QED) is 0.309. The molecule has 0 saturated carbocycles. The third kappa shape index (κ3) is 3.84. The molecule has 1 saturated heterocycles. The monoisotopic (exact) mass is 437 g/mol. The molecule has 0 spiro atoms. The summed E-state index contributed by atoms with van der Waals surface area (Å²) in [5.41, 5.74) is 2.15. The van der Waals surface area contributed by atoms with Crippen LogP contribution in [-0.2, 0) is 20.7 Å². The van der Waals surface area contributed by atoms with E-state index in [0.29, 0.717) is 36.4 Å². The van der Waals surface area contributed by atoms with Gasteiger partial charge in [0.05, 0.1) is 18.7 Å². The Bertz CT molecular complexity index is 1080. The molecule has 7 heteroatoms. The van der Waals surface area contributed by atoms with Crippen LogP contribution in [0.2, 0.25) is 0 Å². The number of ketones is 1. The highest BCUT2D eigenvalue weighted by Crippen LogP contribution is 2.43. The van der Waals surface area contributed by atoms with Gasteiger partial charge in [-0.25, -0.2) is 0 Å². The molecule has 7 nitrogen and oxygen atoms in total. The van der Waals surface area contributed by atoms with Crippen LogP contribution in [0.25, 0.3) is 5.76 Å². The van der Waals surface area contributed by atoms with E-state index < -0.39 is 17.7 Å². The number of benzene rings is 2. The lowest BCUT2D eigenvalue weighted by Gasteiger charge is -2.26. The highest BCUT2D eigenvalue weighted by Gasteiger charge is 2.46. The number of hydrogen-bond acceptors (Lipinski definition) is 6. The summed E-state index contributed by atoms with van der Waals surface area (Å²) in [6.45, 7) is 2.74. The molecule has 168 valence electrons. The van der Waals surface area contributed by atoms with E-state index in [1.807, 2.05) is 31.2 Å². The van der Waals surface area contributed by atoms with Gasteiger partial charge < -0.3 is 24.2 Å². The zero-order valence-corrected chi connectivity index (χ0v) is 18.5. The van der Waals surface area contributed by atoms with Gasteiger partial charge in [-0.15, -0.1) is 0 Å². The van der Waals surface area contributed by atoms with Gasteiger partial charge in [0.1, 0.15) is 23.4 Å². The van der Waals surface area contributed by atoms with Gasteiger partial charge in [0.2, 0.25) is 0 Å². The number of fused-ring (bicyclic) bond motifs is 1. The van der Waals surface area contributed by atoms with E-state index in [-0.39, 0.29) is 17.4 Å². The predicted octanol–water partition coefficient (Wildman–Crippen LogP) is 3.48. The van der Waals surface area contributed by atoms with Crippen LogP contribution < -0.4 is 9.47 Å². The summed E-state index contributed by atoms with van der Waals surface area (Å²) >= 11 is 0. The molecule has 4 rings (SSSR count). The van der Waals surface area contributed by atoms with E-state index in [4.69, 9.17) is 14.2 Å². The summed E-state index contributed by atoms with van der Waals surface area (Å²) in [6, 6.07) is 11.8. The van der Waals surface area contributed by atoms with Crippen LogP contribution in [0.5, 0.6) is 11.5 Å². The molecule has 2 aliphatic heterocycles. The normalized spacial score (nSPS) is 21.5. The molecule has 0 bridgehead atoms. The number of para-hydroxylation sites is 1. The smallest absolute Gasteiger partial charge is 0.295 e. The topological polar surface area (TPSA) is 85.3 Å². The average Bonchev–Trinajstić information content (AvgIpc) is 3.29. The number of methoxy groups -OCH3 is 2. The van der Waals surface area contributed by atoms with E-state index in [9.17, 15) is 14.7 Å². The predicted molar refractivity (Wildman–Crippen MR) is 119 cm³/mol. The molecule has 1 amide bonds. The number of aliphatic hydroxyl groups is 1. The molecule has 0 aliphatic carbocycles. The Balaban J connectivity index is 1.83. The van der Waals surface area contributed by atoms with Crippen molar-refractivity contribution < 1.29 is 28.9 Å². The summed E-state index contributed by atoms with van der Waals surface area (Å²) in [6.07, 6.45) is 1.34. The fourth-order valence-electron chi connectivity index (χ4n) is 4.43. The minimum absolute atomic E-state index is 0.0577. The lowest BCUT2D eigenvalue weighted by Crippen LogP contribution is -2.31. The molecular formula is C25H27NO6. The Morgan fingerprint density at radius 2 is 1.97 bits per heavy atom. The van der Waals surface area contributed by atoms with Gasteiger partial charge in [0.25, 0.3) is 11.7 Å². The van der Waals surface area contributed by atoms with Gasteiger partial charge in [0.15, 0.2) is 0 Å². The van der Waals surface area contributed by atoms with Crippen LogP contribution in [0, 0.1) is 0 Å². The number of carbonyl (C=O) groups excluding carboxylic acids is 2. The van der Waals surface area contributed by atoms with Gasteiger partial charge in [-0.2, -0.15) is 0 Å². The number of nitrogens with zero attached hydrogens (tertiary/aromatic N) is 1. The van der Waals surface area contributed by atoms with E-state index in [1.165, 1.54) is 12.0 Å². The molecule has 0 aromatic heterocycles. The van der Waals surface area contributed by atoms with Crippen molar-refractivity contribution in [2.45, 2.75) is 31.9 Å². The van der Waals surface area contributed by atoms with Crippen LogP contribution in [0.15, 0.2) is 48.0 Å². The molecule has 1 fully saturated rings. The van der Waals surface area contributed by atoms with Crippen molar-refractivity contribution in [2.75, 3.05) is 27.4 Å². The molecule has 1 N–H and O–H groups in total. The molecule has 0 radical (unpaired) electrons. The summed E-state index contributed by atoms with van der Waals surface area (Å²) in [5, 5.41) is 11.3. The number of Topliss-reactive ketones (excluding diaryl/α,β-unsaturated/α-hetero) is 1. The van der Waals surface area contributed by atoms with Gasteiger partial charge in [-0.1, -0.05) is 18.2 Å². The SMILES string of the molecule is COCCCN1C(=O)C(=O)C(=C(O)c2ccc3c(c2)CC(C)O3)C1c1ccccc1OC. The molecule has 2 heterocycles. The van der Waals surface area contributed by atoms with Crippen molar-refractivity contribution in [1.82, 2.24) is 4.90 Å². The number of rotatable bonds is 7. The molecule has 2 atom stereocenters. The first-order chi connectivity index (χ1) is 15.5. The van der Waals surface area contributed by atoms with E-state index in [1.54, 1.807) is 25.3 Å². The second-order valence-electron chi connectivity index (χ2n) is 8.04. The van der Waals surface area contributed by atoms with Crippen molar-refractivity contribution >= 4 is 17.4 Å². The average molecular weight is 437 g/mol. The number of amides is 1. The minimum Gasteiger partial charge on any atom is -0.507 e. The molecule has 2 unspecified atom stereocenters. The fourth-order valence-corrected chi connectivity index (χ4v) is 4.43. The molecule has 2 aliphatic rings. The zero-order valence-electron chi connectivity index (χ0n) is 18.5. The number of hydrogen-bond donors (Lipinski definition) is 1. The third-order valence-corrected chi connectivity index (χ3v) is 5.89. The Labute approximate surface area is 187 Å². The second kappa shape index (κ2) is 9.04. The van der Waals surface area contributed by atoms with Crippen molar-refractivity contribution in [3.8, 4) is 11.5 Å². The lowest BCUT2D eigenvalue weighted by atomic mass is 9.94. The van der Waals surface area contributed by atoms with Gasteiger partial charge >= 0.3 is 0 Å². The summed E-state index contributed by atoms with van der Waals surface area (Å²) in [5.74, 6) is -0.234.